The Bertz CT molecular complexity index is 940. The highest BCUT2D eigenvalue weighted by atomic mass is 35.5. The monoisotopic (exact) mass is 402 g/mol. The van der Waals surface area contributed by atoms with Crippen molar-refractivity contribution in [3.8, 4) is 0 Å². The molecule has 0 fully saturated rings. The minimum atomic E-state index is -0.492. The van der Waals surface area contributed by atoms with Gasteiger partial charge >= 0.3 is 0 Å². The molecule has 2 aromatic rings. The van der Waals surface area contributed by atoms with Crippen LogP contribution in [0.25, 0.3) is 0 Å². The molecule has 5 nitrogen and oxygen atoms in total. The fourth-order valence-electron chi connectivity index (χ4n) is 3.16. The molecule has 146 valence electrons. The first-order chi connectivity index (χ1) is 13.3. The van der Waals surface area contributed by atoms with Gasteiger partial charge in [0.2, 0.25) is 0 Å². The van der Waals surface area contributed by atoms with Crippen LogP contribution in [-0.4, -0.2) is 41.1 Å². The van der Waals surface area contributed by atoms with E-state index in [1.807, 2.05) is 6.92 Å². The molecule has 1 heterocycles. The van der Waals surface area contributed by atoms with Crippen molar-refractivity contribution in [2.75, 3.05) is 13.6 Å². The number of hydrogen-bond acceptors (Lipinski definition) is 3. The van der Waals surface area contributed by atoms with E-state index in [0.717, 1.165) is 12.8 Å². The van der Waals surface area contributed by atoms with Gasteiger partial charge in [-0.15, -0.1) is 0 Å². The second-order valence-corrected chi connectivity index (χ2v) is 7.14. The fourth-order valence-corrected chi connectivity index (χ4v) is 3.38. The van der Waals surface area contributed by atoms with Crippen LogP contribution >= 0.6 is 11.6 Å². The van der Waals surface area contributed by atoms with Gasteiger partial charge in [0.1, 0.15) is 5.82 Å². The van der Waals surface area contributed by atoms with E-state index in [2.05, 4.69) is 0 Å². The maximum Gasteiger partial charge on any atom is 0.261 e. The topological polar surface area (TPSA) is 57.7 Å². The number of fused-ring (bicyclic) bond motifs is 1. The molecule has 3 rings (SSSR count). The van der Waals surface area contributed by atoms with Crippen LogP contribution in [0.3, 0.4) is 0 Å². The Kier molecular flexibility index (Phi) is 5.79. The van der Waals surface area contributed by atoms with E-state index >= 15 is 0 Å². The number of benzene rings is 2. The zero-order valence-electron chi connectivity index (χ0n) is 15.7. The third-order valence-electron chi connectivity index (χ3n) is 4.76. The second kappa shape index (κ2) is 8.10. The first-order valence-corrected chi connectivity index (χ1v) is 9.41. The summed E-state index contributed by atoms with van der Waals surface area (Å²) in [6, 6.07) is 8.78. The number of nitrogens with zero attached hydrogens (tertiary/aromatic N) is 2. The molecule has 0 aliphatic carbocycles. The van der Waals surface area contributed by atoms with Crippen molar-refractivity contribution in [3.05, 3.63) is 69.5 Å². The van der Waals surface area contributed by atoms with E-state index < -0.39 is 11.7 Å². The van der Waals surface area contributed by atoms with Crippen molar-refractivity contribution in [2.24, 2.45) is 0 Å². The number of imide groups is 1. The minimum Gasteiger partial charge on any atom is -0.337 e. The number of carbonyl (C=O) groups is 3. The Morgan fingerprint density at radius 2 is 1.86 bits per heavy atom. The molecule has 0 atom stereocenters. The van der Waals surface area contributed by atoms with Gasteiger partial charge in [-0.05, 0) is 36.8 Å². The molecule has 2 aromatic carbocycles. The summed E-state index contributed by atoms with van der Waals surface area (Å²) in [5, 5.41) is 0.237. The molecule has 0 saturated heterocycles. The zero-order chi connectivity index (χ0) is 20.4. The van der Waals surface area contributed by atoms with E-state index in [-0.39, 0.29) is 40.1 Å². The van der Waals surface area contributed by atoms with Crippen LogP contribution < -0.4 is 0 Å². The van der Waals surface area contributed by atoms with E-state index in [0.29, 0.717) is 12.1 Å². The Hall–Kier alpha value is -2.73. The van der Waals surface area contributed by atoms with Gasteiger partial charge < -0.3 is 4.90 Å². The Balaban J connectivity index is 1.82. The molecule has 3 amide bonds. The summed E-state index contributed by atoms with van der Waals surface area (Å²) >= 11 is 6.03. The lowest BCUT2D eigenvalue weighted by atomic mass is 10.0. The van der Waals surface area contributed by atoms with Crippen molar-refractivity contribution in [3.63, 3.8) is 0 Å². The van der Waals surface area contributed by atoms with Crippen LogP contribution in [0.1, 0.15) is 56.4 Å². The summed E-state index contributed by atoms with van der Waals surface area (Å²) in [5.74, 6) is -1.61. The van der Waals surface area contributed by atoms with E-state index in [1.54, 1.807) is 6.07 Å². The summed E-state index contributed by atoms with van der Waals surface area (Å²) in [7, 11) is 1.53. The van der Waals surface area contributed by atoms with Crippen molar-refractivity contribution in [2.45, 2.75) is 26.3 Å². The van der Waals surface area contributed by atoms with Crippen LogP contribution in [0.2, 0.25) is 5.02 Å². The van der Waals surface area contributed by atoms with Gasteiger partial charge in [-0.2, -0.15) is 0 Å². The average Bonchev–Trinajstić information content (AvgIpc) is 2.92. The van der Waals surface area contributed by atoms with Crippen LogP contribution in [0.4, 0.5) is 4.39 Å². The van der Waals surface area contributed by atoms with Crippen molar-refractivity contribution < 1.29 is 18.8 Å². The molecule has 7 heteroatoms. The Labute approximate surface area is 167 Å². The number of carbonyl (C=O) groups excluding carboxylic acids is 3. The minimum absolute atomic E-state index is 0.0169. The number of hydrogen-bond donors (Lipinski definition) is 0. The number of halogens is 2. The van der Waals surface area contributed by atoms with Gasteiger partial charge in [-0.3, -0.25) is 19.3 Å². The average molecular weight is 403 g/mol. The highest BCUT2D eigenvalue weighted by Crippen LogP contribution is 2.26. The molecule has 28 heavy (non-hydrogen) atoms. The smallest absolute Gasteiger partial charge is 0.261 e. The lowest BCUT2D eigenvalue weighted by Crippen LogP contribution is -2.30. The lowest BCUT2D eigenvalue weighted by molar-refractivity contribution is 0.0652. The maximum atomic E-state index is 14.0. The molecule has 0 N–H and O–H groups in total. The standard InChI is InChI=1S/C21H20ClFN2O3/c1-3-4-10-25-20(27)14-9-8-13(11-15(14)21(25)28)19(26)24(2)12-16-17(22)6-5-7-18(16)23/h5-9,11H,3-4,10,12H2,1-2H3. The van der Waals surface area contributed by atoms with Crippen LogP contribution in [0.5, 0.6) is 0 Å². The third kappa shape index (κ3) is 3.64. The van der Waals surface area contributed by atoms with Gasteiger partial charge in [-0.25, -0.2) is 4.39 Å². The Morgan fingerprint density at radius 1 is 1.14 bits per heavy atom. The van der Waals surface area contributed by atoms with Crippen LogP contribution in [0.15, 0.2) is 36.4 Å². The third-order valence-corrected chi connectivity index (χ3v) is 5.11. The highest BCUT2D eigenvalue weighted by Gasteiger charge is 2.35. The largest absolute Gasteiger partial charge is 0.337 e. The zero-order valence-corrected chi connectivity index (χ0v) is 16.4. The number of amides is 3. The summed E-state index contributed by atoms with van der Waals surface area (Å²) in [6.45, 7) is 2.32. The van der Waals surface area contributed by atoms with Crippen molar-refractivity contribution in [1.29, 1.82) is 0 Å². The second-order valence-electron chi connectivity index (χ2n) is 6.74. The molecule has 0 saturated carbocycles. The molecular weight excluding hydrogens is 383 g/mol. The van der Waals surface area contributed by atoms with E-state index in [9.17, 15) is 18.8 Å². The quantitative estimate of drug-likeness (QED) is 0.682. The molecule has 0 spiro atoms. The molecule has 1 aliphatic rings. The summed E-state index contributed by atoms with van der Waals surface area (Å²) in [6.07, 6.45) is 1.59. The van der Waals surface area contributed by atoms with Gasteiger partial charge in [-0.1, -0.05) is 31.0 Å². The molecule has 0 aromatic heterocycles. The maximum absolute atomic E-state index is 14.0. The van der Waals surface area contributed by atoms with Crippen LogP contribution in [-0.2, 0) is 6.54 Å². The van der Waals surface area contributed by atoms with Crippen molar-refractivity contribution in [1.82, 2.24) is 9.80 Å². The summed E-state index contributed by atoms with van der Waals surface area (Å²) < 4.78 is 14.0. The predicted molar refractivity (Wildman–Crippen MR) is 104 cm³/mol. The van der Waals surface area contributed by atoms with E-state index in [4.69, 9.17) is 11.6 Å². The first-order valence-electron chi connectivity index (χ1n) is 9.03. The van der Waals surface area contributed by atoms with Gasteiger partial charge in [0.15, 0.2) is 0 Å². The van der Waals surface area contributed by atoms with Gasteiger partial charge in [0.05, 0.1) is 11.1 Å². The van der Waals surface area contributed by atoms with Crippen molar-refractivity contribution >= 4 is 29.3 Å². The highest BCUT2D eigenvalue weighted by molar-refractivity contribution is 6.31. The summed E-state index contributed by atoms with van der Waals surface area (Å²) in [4.78, 5) is 40.2. The lowest BCUT2D eigenvalue weighted by Gasteiger charge is -2.18. The van der Waals surface area contributed by atoms with Gasteiger partial charge in [0.25, 0.3) is 17.7 Å². The molecular formula is C21H20ClFN2O3. The SMILES string of the molecule is CCCCN1C(=O)c2ccc(C(=O)N(C)Cc3c(F)cccc3Cl)cc2C1=O. The number of unbranched alkanes of at least 4 members (excludes halogenated alkanes) is 1. The van der Waals surface area contributed by atoms with Crippen LogP contribution in [0, 0.1) is 5.82 Å². The normalized spacial score (nSPS) is 13.1. The fraction of sp³-hybridized carbons (Fsp3) is 0.286. The summed E-state index contributed by atoms with van der Waals surface area (Å²) in [5.41, 5.74) is 1.01. The number of rotatable bonds is 6. The van der Waals surface area contributed by atoms with E-state index in [1.165, 1.54) is 47.2 Å². The molecule has 0 radical (unpaired) electrons. The first kappa shape index (κ1) is 20.0. The Morgan fingerprint density at radius 3 is 2.54 bits per heavy atom. The molecule has 1 aliphatic heterocycles. The van der Waals surface area contributed by atoms with Gasteiger partial charge in [0, 0.05) is 36.3 Å². The molecule has 0 bridgehead atoms. The molecule has 0 unspecified atom stereocenters. The predicted octanol–water partition coefficient (Wildman–Crippen LogP) is 4.15.